The van der Waals surface area contributed by atoms with Gasteiger partial charge in [0.25, 0.3) is 5.89 Å². The third-order valence-electron chi connectivity index (χ3n) is 3.07. The predicted octanol–water partition coefficient (Wildman–Crippen LogP) is 3.77. The molecule has 0 aliphatic rings. The zero-order valence-corrected chi connectivity index (χ0v) is 12.3. The molecule has 3 rings (SSSR count). The first-order chi connectivity index (χ1) is 10.2. The highest BCUT2D eigenvalue weighted by Gasteiger charge is 2.12. The van der Waals surface area contributed by atoms with Gasteiger partial charge in [-0.15, -0.1) is 0 Å². The van der Waals surface area contributed by atoms with Crippen molar-refractivity contribution in [2.45, 2.75) is 6.92 Å². The van der Waals surface area contributed by atoms with Crippen LogP contribution in [0.3, 0.4) is 0 Å². The van der Waals surface area contributed by atoms with Gasteiger partial charge in [-0.3, -0.25) is 0 Å². The molecule has 0 aliphatic heterocycles. The Morgan fingerprint density at radius 3 is 2.76 bits per heavy atom. The third-order valence-corrected chi connectivity index (χ3v) is 3.27. The fourth-order valence-electron chi connectivity index (χ4n) is 1.95. The van der Waals surface area contributed by atoms with Crippen molar-refractivity contribution in [3.8, 4) is 28.6 Å². The first-order valence-corrected chi connectivity index (χ1v) is 6.66. The van der Waals surface area contributed by atoms with Gasteiger partial charge in [0.15, 0.2) is 0 Å². The smallest absolute Gasteiger partial charge is 0.258 e. The van der Waals surface area contributed by atoms with Crippen LogP contribution in [0.4, 0.5) is 0 Å². The van der Waals surface area contributed by atoms with Crippen LogP contribution in [0.25, 0.3) is 22.8 Å². The molecule has 0 spiro atoms. The van der Waals surface area contributed by atoms with Gasteiger partial charge in [0.05, 0.1) is 7.11 Å². The van der Waals surface area contributed by atoms with Gasteiger partial charge < -0.3 is 9.26 Å². The Morgan fingerprint density at radius 2 is 2.00 bits per heavy atom. The summed E-state index contributed by atoms with van der Waals surface area (Å²) in [5.74, 6) is 1.68. The molecule has 0 N–H and O–H groups in total. The van der Waals surface area contributed by atoms with Crippen molar-refractivity contribution in [2.24, 2.45) is 0 Å². The molecular weight excluding hydrogens is 290 g/mol. The summed E-state index contributed by atoms with van der Waals surface area (Å²) in [5.41, 5.74) is 2.60. The van der Waals surface area contributed by atoms with Gasteiger partial charge in [-0.05, 0) is 30.7 Å². The van der Waals surface area contributed by atoms with Crippen LogP contribution >= 0.6 is 11.6 Å². The molecule has 0 bridgehead atoms. The molecule has 0 fully saturated rings. The molecular formula is C15H12ClN3O2. The summed E-state index contributed by atoms with van der Waals surface area (Å²) in [6, 6.07) is 9.19. The number of aryl methyl sites for hydroxylation is 1. The van der Waals surface area contributed by atoms with Crippen LogP contribution in [0.5, 0.6) is 5.75 Å². The lowest BCUT2D eigenvalue weighted by Crippen LogP contribution is -1.89. The second kappa shape index (κ2) is 5.54. The molecule has 6 heteroatoms. The highest BCUT2D eigenvalue weighted by Crippen LogP contribution is 2.27. The quantitative estimate of drug-likeness (QED) is 0.689. The van der Waals surface area contributed by atoms with Gasteiger partial charge in [-0.25, -0.2) is 4.98 Å². The van der Waals surface area contributed by atoms with E-state index in [1.54, 1.807) is 25.4 Å². The Morgan fingerprint density at radius 1 is 1.14 bits per heavy atom. The number of benzene rings is 1. The molecule has 0 radical (unpaired) electrons. The van der Waals surface area contributed by atoms with E-state index in [0.29, 0.717) is 16.9 Å². The summed E-state index contributed by atoms with van der Waals surface area (Å²) >= 11 is 5.86. The molecule has 0 aliphatic carbocycles. The maximum Gasteiger partial charge on any atom is 0.258 e. The van der Waals surface area contributed by atoms with Crippen molar-refractivity contribution >= 4 is 11.6 Å². The van der Waals surface area contributed by atoms with Crippen LogP contribution in [0.15, 0.2) is 41.1 Å². The zero-order valence-electron chi connectivity index (χ0n) is 11.5. The maximum absolute atomic E-state index is 5.86. The Bertz CT molecular complexity index is 786. The van der Waals surface area contributed by atoms with Gasteiger partial charge in [0.1, 0.15) is 10.9 Å². The molecule has 5 nitrogen and oxygen atoms in total. The normalized spacial score (nSPS) is 10.6. The second-order valence-electron chi connectivity index (χ2n) is 4.47. The summed E-state index contributed by atoms with van der Waals surface area (Å²) in [7, 11) is 1.63. The van der Waals surface area contributed by atoms with Crippen molar-refractivity contribution in [3.05, 3.63) is 47.2 Å². The Hall–Kier alpha value is -2.40. The van der Waals surface area contributed by atoms with Gasteiger partial charge >= 0.3 is 0 Å². The lowest BCUT2D eigenvalue weighted by Gasteiger charge is -2.04. The number of pyridine rings is 1. The number of hydrogen-bond donors (Lipinski definition) is 0. The summed E-state index contributed by atoms with van der Waals surface area (Å²) in [6.45, 7) is 1.98. The van der Waals surface area contributed by atoms with Crippen LogP contribution in [-0.4, -0.2) is 22.2 Å². The molecule has 3 aromatic rings. The average Bonchev–Trinajstić information content (AvgIpc) is 2.97. The van der Waals surface area contributed by atoms with Crippen LogP contribution in [-0.2, 0) is 0 Å². The van der Waals surface area contributed by atoms with Crippen LogP contribution in [0.2, 0.25) is 5.15 Å². The summed E-state index contributed by atoms with van der Waals surface area (Å²) < 4.78 is 10.6. The van der Waals surface area contributed by atoms with Crippen LogP contribution in [0, 0.1) is 6.92 Å². The lowest BCUT2D eigenvalue weighted by molar-refractivity contribution is 0.411. The number of rotatable bonds is 3. The van der Waals surface area contributed by atoms with E-state index in [9.17, 15) is 0 Å². The largest absolute Gasteiger partial charge is 0.496 e. The van der Waals surface area contributed by atoms with Crippen molar-refractivity contribution in [2.75, 3.05) is 7.11 Å². The second-order valence-corrected chi connectivity index (χ2v) is 4.86. The highest BCUT2D eigenvalue weighted by molar-refractivity contribution is 6.29. The molecule has 0 amide bonds. The van der Waals surface area contributed by atoms with E-state index < -0.39 is 0 Å². The Kier molecular flexibility index (Phi) is 3.58. The number of halogens is 1. The molecule has 0 saturated carbocycles. The van der Waals surface area contributed by atoms with Gasteiger partial charge in [0, 0.05) is 17.3 Å². The van der Waals surface area contributed by atoms with E-state index in [-0.39, 0.29) is 0 Å². The van der Waals surface area contributed by atoms with Crippen molar-refractivity contribution in [1.82, 2.24) is 15.1 Å². The number of nitrogens with zero attached hydrogens (tertiary/aromatic N) is 3. The van der Waals surface area contributed by atoms with E-state index in [0.717, 1.165) is 22.4 Å². The molecule has 106 valence electrons. The van der Waals surface area contributed by atoms with E-state index in [1.807, 2.05) is 25.1 Å². The van der Waals surface area contributed by atoms with Crippen molar-refractivity contribution in [3.63, 3.8) is 0 Å². The van der Waals surface area contributed by atoms with E-state index in [2.05, 4.69) is 15.1 Å². The lowest BCUT2D eigenvalue weighted by atomic mass is 10.1. The highest BCUT2D eigenvalue weighted by atomic mass is 35.5. The van der Waals surface area contributed by atoms with E-state index in [1.165, 1.54) is 0 Å². The number of hydrogen-bond acceptors (Lipinski definition) is 5. The Labute approximate surface area is 126 Å². The standard InChI is InChI=1S/C15H12ClN3O2/c1-9-3-4-10(7-12(9)20-2)14-18-15(21-19-14)11-5-6-17-13(16)8-11/h3-8H,1-2H3. The topological polar surface area (TPSA) is 61.0 Å². The zero-order chi connectivity index (χ0) is 14.8. The number of aromatic nitrogens is 3. The minimum Gasteiger partial charge on any atom is -0.496 e. The van der Waals surface area contributed by atoms with E-state index >= 15 is 0 Å². The predicted molar refractivity (Wildman–Crippen MR) is 79.3 cm³/mol. The first kappa shape index (κ1) is 13.6. The maximum atomic E-state index is 5.86. The monoisotopic (exact) mass is 301 g/mol. The number of methoxy groups -OCH3 is 1. The van der Waals surface area contributed by atoms with Crippen molar-refractivity contribution in [1.29, 1.82) is 0 Å². The summed E-state index contributed by atoms with van der Waals surface area (Å²) in [4.78, 5) is 8.30. The fourth-order valence-corrected chi connectivity index (χ4v) is 2.13. The fraction of sp³-hybridized carbons (Fsp3) is 0.133. The molecule has 0 unspecified atom stereocenters. The molecule has 2 heterocycles. The molecule has 1 aromatic carbocycles. The van der Waals surface area contributed by atoms with Crippen LogP contribution in [0.1, 0.15) is 5.56 Å². The molecule has 0 atom stereocenters. The van der Waals surface area contributed by atoms with E-state index in [4.69, 9.17) is 20.9 Å². The minimum absolute atomic E-state index is 0.379. The molecule has 2 aromatic heterocycles. The first-order valence-electron chi connectivity index (χ1n) is 6.28. The Balaban J connectivity index is 1.98. The van der Waals surface area contributed by atoms with Crippen molar-refractivity contribution < 1.29 is 9.26 Å². The molecule has 21 heavy (non-hydrogen) atoms. The average molecular weight is 302 g/mol. The van der Waals surface area contributed by atoms with Gasteiger partial charge in [0.2, 0.25) is 5.82 Å². The number of ether oxygens (including phenoxy) is 1. The summed E-state index contributed by atoms with van der Waals surface area (Å²) in [5, 5.41) is 4.37. The minimum atomic E-state index is 0.379. The SMILES string of the molecule is COc1cc(-c2noc(-c3ccnc(Cl)c3)n2)ccc1C. The van der Waals surface area contributed by atoms with Crippen LogP contribution < -0.4 is 4.74 Å². The van der Waals surface area contributed by atoms with Gasteiger partial charge in [-0.2, -0.15) is 4.98 Å². The van der Waals surface area contributed by atoms with Gasteiger partial charge in [-0.1, -0.05) is 28.9 Å². The third kappa shape index (κ3) is 2.73. The summed E-state index contributed by atoms with van der Waals surface area (Å²) in [6.07, 6.45) is 1.59. The molecule has 0 saturated heterocycles.